The van der Waals surface area contributed by atoms with E-state index in [-0.39, 0.29) is 6.04 Å². The highest BCUT2D eigenvalue weighted by Crippen LogP contribution is 2.20. The first-order valence-electron chi connectivity index (χ1n) is 5.85. The molecule has 0 aliphatic carbocycles. The minimum atomic E-state index is -4.10. The normalized spacial score (nSPS) is 25.7. The summed E-state index contributed by atoms with van der Waals surface area (Å²) in [6, 6.07) is -0.0573. The van der Waals surface area contributed by atoms with Crippen LogP contribution in [0.5, 0.6) is 0 Å². The summed E-state index contributed by atoms with van der Waals surface area (Å²) in [5.41, 5.74) is 0. The van der Waals surface area contributed by atoms with Crippen molar-refractivity contribution in [3.63, 3.8) is 0 Å². The maximum absolute atomic E-state index is 12.0. The number of likely N-dealkylation sites (tertiary alicyclic amines) is 1. The zero-order valence-corrected chi connectivity index (χ0v) is 9.98. The van der Waals surface area contributed by atoms with Crippen LogP contribution in [-0.4, -0.2) is 43.8 Å². The van der Waals surface area contributed by atoms with Gasteiger partial charge in [-0.2, -0.15) is 13.2 Å². The molecule has 96 valence electrons. The van der Waals surface area contributed by atoms with Crippen LogP contribution in [-0.2, 0) is 0 Å². The van der Waals surface area contributed by atoms with Crippen LogP contribution in [0.3, 0.4) is 0 Å². The highest BCUT2D eigenvalue weighted by molar-refractivity contribution is 4.75. The molecule has 0 spiro atoms. The van der Waals surface area contributed by atoms with Crippen molar-refractivity contribution in [2.45, 2.75) is 38.4 Å². The second-order valence-electron chi connectivity index (χ2n) is 4.90. The van der Waals surface area contributed by atoms with Crippen LogP contribution < -0.4 is 5.32 Å². The van der Waals surface area contributed by atoms with Gasteiger partial charge in [-0.1, -0.05) is 0 Å². The maximum atomic E-state index is 12.0. The monoisotopic (exact) mass is 238 g/mol. The fourth-order valence-corrected chi connectivity index (χ4v) is 2.34. The fourth-order valence-electron chi connectivity index (χ4n) is 2.34. The van der Waals surface area contributed by atoms with Crippen molar-refractivity contribution < 1.29 is 13.2 Å². The standard InChI is InChI=1S/C11H21F3N2/c1-9(15-8-11(12,13)14)6-10-4-3-5-16(2)7-10/h9-10,15H,3-8H2,1-2H3. The van der Waals surface area contributed by atoms with Gasteiger partial charge in [0, 0.05) is 12.6 Å². The van der Waals surface area contributed by atoms with Crippen LogP contribution in [0.15, 0.2) is 0 Å². The summed E-state index contributed by atoms with van der Waals surface area (Å²) in [4.78, 5) is 2.25. The Bertz CT molecular complexity index is 206. The largest absolute Gasteiger partial charge is 0.401 e. The van der Waals surface area contributed by atoms with E-state index in [1.807, 2.05) is 6.92 Å². The van der Waals surface area contributed by atoms with Gasteiger partial charge in [0.15, 0.2) is 0 Å². The summed E-state index contributed by atoms with van der Waals surface area (Å²) in [5.74, 6) is 0.537. The zero-order chi connectivity index (χ0) is 12.2. The highest BCUT2D eigenvalue weighted by Gasteiger charge is 2.28. The van der Waals surface area contributed by atoms with Gasteiger partial charge in [-0.05, 0) is 45.7 Å². The number of rotatable bonds is 4. The van der Waals surface area contributed by atoms with E-state index in [0.29, 0.717) is 5.92 Å². The molecule has 1 fully saturated rings. The number of hydrogen-bond donors (Lipinski definition) is 1. The summed E-state index contributed by atoms with van der Waals surface area (Å²) < 4.78 is 36.0. The van der Waals surface area contributed by atoms with Gasteiger partial charge < -0.3 is 10.2 Å². The van der Waals surface area contributed by atoms with E-state index in [1.165, 1.54) is 0 Å². The molecule has 16 heavy (non-hydrogen) atoms. The first-order valence-corrected chi connectivity index (χ1v) is 5.85. The second kappa shape index (κ2) is 5.87. The third-order valence-electron chi connectivity index (χ3n) is 3.06. The molecule has 0 aromatic heterocycles. The first kappa shape index (κ1) is 13.8. The van der Waals surface area contributed by atoms with Crippen LogP contribution in [0.2, 0.25) is 0 Å². The summed E-state index contributed by atoms with van der Waals surface area (Å²) in [6.45, 7) is 3.08. The van der Waals surface area contributed by atoms with Gasteiger partial charge in [-0.3, -0.25) is 0 Å². The quantitative estimate of drug-likeness (QED) is 0.808. The number of nitrogens with one attached hydrogen (secondary N) is 1. The van der Waals surface area contributed by atoms with Crippen molar-refractivity contribution in [2.75, 3.05) is 26.7 Å². The summed E-state index contributed by atoms with van der Waals surface area (Å²) >= 11 is 0. The number of alkyl halides is 3. The predicted octanol–water partition coefficient (Wildman–Crippen LogP) is 2.26. The third-order valence-corrected chi connectivity index (χ3v) is 3.06. The Labute approximate surface area is 95.2 Å². The molecule has 0 saturated carbocycles. The third kappa shape index (κ3) is 5.70. The Morgan fingerprint density at radius 2 is 2.12 bits per heavy atom. The zero-order valence-electron chi connectivity index (χ0n) is 9.98. The van der Waals surface area contributed by atoms with E-state index in [9.17, 15) is 13.2 Å². The predicted molar refractivity (Wildman–Crippen MR) is 58.4 cm³/mol. The van der Waals surface area contributed by atoms with E-state index in [1.54, 1.807) is 0 Å². The van der Waals surface area contributed by atoms with E-state index < -0.39 is 12.7 Å². The van der Waals surface area contributed by atoms with Crippen LogP contribution in [0.4, 0.5) is 13.2 Å². The van der Waals surface area contributed by atoms with Crippen LogP contribution >= 0.6 is 0 Å². The van der Waals surface area contributed by atoms with E-state index >= 15 is 0 Å². The number of hydrogen-bond acceptors (Lipinski definition) is 2. The Kier molecular flexibility index (Phi) is 5.05. The molecule has 2 atom stereocenters. The van der Waals surface area contributed by atoms with E-state index in [2.05, 4.69) is 17.3 Å². The smallest absolute Gasteiger partial charge is 0.306 e. The van der Waals surface area contributed by atoms with Gasteiger partial charge in [0.1, 0.15) is 0 Å². The van der Waals surface area contributed by atoms with Gasteiger partial charge >= 0.3 is 6.18 Å². The lowest BCUT2D eigenvalue weighted by Crippen LogP contribution is -2.39. The average Bonchev–Trinajstić information content (AvgIpc) is 2.14. The molecule has 0 radical (unpaired) electrons. The lowest BCUT2D eigenvalue weighted by atomic mass is 9.92. The van der Waals surface area contributed by atoms with Gasteiger partial charge in [0.25, 0.3) is 0 Å². The number of halogens is 3. The Morgan fingerprint density at radius 1 is 1.44 bits per heavy atom. The van der Waals surface area contributed by atoms with Crippen molar-refractivity contribution >= 4 is 0 Å². The molecule has 5 heteroatoms. The number of piperidine rings is 1. The van der Waals surface area contributed by atoms with Crippen LogP contribution in [0.25, 0.3) is 0 Å². The molecule has 0 aromatic rings. The minimum absolute atomic E-state index is 0.0573. The molecule has 2 nitrogen and oxygen atoms in total. The average molecular weight is 238 g/mol. The molecule has 1 saturated heterocycles. The molecule has 0 bridgehead atoms. The van der Waals surface area contributed by atoms with Crippen molar-refractivity contribution in [1.29, 1.82) is 0 Å². The van der Waals surface area contributed by atoms with Crippen LogP contribution in [0.1, 0.15) is 26.2 Å². The topological polar surface area (TPSA) is 15.3 Å². The maximum Gasteiger partial charge on any atom is 0.401 e. The van der Waals surface area contributed by atoms with Gasteiger partial charge in [-0.15, -0.1) is 0 Å². The molecular weight excluding hydrogens is 217 g/mol. The Hall–Kier alpha value is -0.290. The first-order chi connectivity index (χ1) is 7.37. The van der Waals surface area contributed by atoms with Gasteiger partial charge in [0.2, 0.25) is 0 Å². The van der Waals surface area contributed by atoms with Crippen molar-refractivity contribution in [3.05, 3.63) is 0 Å². The van der Waals surface area contributed by atoms with E-state index in [4.69, 9.17) is 0 Å². The van der Waals surface area contributed by atoms with Gasteiger partial charge in [-0.25, -0.2) is 0 Å². The summed E-state index contributed by atoms with van der Waals surface area (Å²) in [7, 11) is 2.07. The molecular formula is C11H21F3N2. The highest BCUT2D eigenvalue weighted by atomic mass is 19.4. The fraction of sp³-hybridized carbons (Fsp3) is 1.00. The molecule has 1 aliphatic heterocycles. The summed E-state index contributed by atoms with van der Waals surface area (Å²) in [5, 5.41) is 2.54. The molecule has 0 aromatic carbocycles. The molecule has 1 N–H and O–H groups in total. The summed E-state index contributed by atoms with van der Waals surface area (Å²) in [6.07, 6.45) is -0.965. The van der Waals surface area contributed by atoms with E-state index in [0.717, 1.165) is 32.4 Å². The Balaban J connectivity index is 2.20. The van der Waals surface area contributed by atoms with Crippen LogP contribution in [0, 0.1) is 5.92 Å². The second-order valence-corrected chi connectivity index (χ2v) is 4.90. The molecule has 1 rings (SSSR count). The van der Waals surface area contributed by atoms with Crippen molar-refractivity contribution in [3.8, 4) is 0 Å². The molecule has 2 unspecified atom stereocenters. The van der Waals surface area contributed by atoms with Crippen molar-refractivity contribution in [2.24, 2.45) is 5.92 Å². The SMILES string of the molecule is CC(CC1CCCN(C)C1)NCC(F)(F)F. The molecule has 1 aliphatic rings. The van der Waals surface area contributed by atoms with Crippen molar-refractivity contribution in [1.82, 2.24) is 10.2 Å². The minimum Gasteiger partial charge on any atom is -0.306 e. The van der Waals surface area contributed by atoms with Gasteiger partial charge in [0.05, 0.1) is 6.54 Å². The Morgan fingerprint density at radius 3 is 2.69 bits per heavy atom. The lowest BCUT2D eigenvalue weighted by Gasteiger charge is -2.31. The lowest BCUT2D eigenvalue weighted by molar-refractivity contribution is -0.126. The molecule has 0 amide bonds. The molecule has 1 heterocycles. The number of nitrogens with zero attached hydrogens (tertiary/aromatic N) is 1.